The van der Waals surface area contributed by atoms with Crippen LogP contribution in [-0.2, 0) is 23.7 Å². The summed E-state index contributed by atoms with van der Waals surface area (Å²) in [5.41, 5.74) is 10.0. The molecule has 0 heterocycles. The lowest BCUT2D eigenvalue weighted by Crippen LogP contribution is -2.37. The molecule has 0 aromatic heterocycles. The predicted octanol–water partition coefficient (Wildman–Crippen LogP) is -0.314. The zero-order chi connectivity index (χ0) is 18.3. The monoisotopic (exact) mass is 403 g/mol. The average molecular weight is 404 g/mol. The number of halogens is 1. The van der Waals surface area contributed by atoms with Gasteiger partial charge in [-0.05, 0) is 0 Å². The van der Waals surface area contributed by atoms with Gasteiger partial charge in [-0.3, -0.25) is 4.79 Å². The molecule has 0 spiro atoms. The minimum Gasteiger partial charge on any atom is -0.383 e. The van der Waals surface area contributed by atoms with Crippen LogP contribution in [0.4, 0.5) is 0 Å². The normalized spacial score (nSPS) is 9.35. The van der Waals surface area contributed by atoms with Gasteiger partial charge < -0.3 is 35.3 Å². The Hall–Kier alpha value is -0.290. The Labute approximate surface area is 148 Å². The lowest BCUT2D eigenvalue weighted by molar-refractivity contribution is -0.129. The Balaban J connectivity index is -0.000000329. The van der Waals surface area contributed by atoms with E-state index in [9.17, 15) is 4.79 Å². The van der Waals surface area contributed by atoms with Crippen molar-refractivity contribution in [2.45, 2.75) is 0 Å². The van der Waals surface area contributed by atoms with Gasteiger partial charge in [0.2, 0.25) is 5.91 Å². The third-order valence-electron chi connectivity index (χ3n) is 2.24. The molecule has 4 N–H and O–H groups in total. The van der Waals surface area contributed by atoms with E-state index in [4.69, 9.17) is 20.9 Å². The highest BCUT2D eigenvalue weighted by Crippen LogP contribution is 1.94. The van der Waals surface area contributed by atoms with Crippen molar-refractivity contribution in [2.24, 2.45) is 11.5 Å². The summed E-state index contributed by atoms with van der Waals surface area (Å²) in [6.07, 6.45) is 0. The van der Waals surface area contributed by atoms with Gasteiger partial charge >= 0.3 is 0 Å². The Morgan fingerprint density at radius 1 is 0.826 bits per heavy atom. The number of amides is 1. The fourth-order valence-electron chi connectivity index (χ4n) is 1.08. The maximum absolute atomic E-state index is 11.3. The predicted molar refractivity (Wildman–Crippen MR) is 96.0 cm³/mol. The summed E-state index contributed by atoms with van der Waals surface area (Å²) in [5, 5.41) is 0.348. The molecule has 1 amide bonds. The van der Waals surface area contributed by atoms with Crippen molar-refractivity contribution in [3.8, 4) is 0 Å². The quantitative estimate of drug-likeness (QED) is 0.455. The molecule has 0 aromatic carbocycles. The van der Waals surface area contributed by atoms with Crippen molar-refractivity contribution >= 4 is 21.8 Å². The van der Waals surface area contributed by atoms with E-state index in [1.807, 2.05) is 0 Å². The maximum atomic E-state index is 11.3. The van der Waals surface area contributed by atoms with Crippen LogP contribution in [-0.4, -0.2) is 97.2 Å². The number of hydrogen-bond acceptors (Lipinski definition) is 7. The standard InChI is InChI=1S/C8H16BrNO3.2C3H9NO/c1-12-5-3-10(4-6-13-2)8(11)7-9;2*1-5-3-2-4/h3-7H2,1-2H3;2*2-4H2,1H3. The van der Waals surface area contributed by atoms with E-state index in [0.29, 0.717) is 57.9 Å². The van der Waals surface area contributed by atoms with Crippen LogP contribution in [0.2, 0.25) is 0 Å². The van der Waals surface area contributed by atoms with Crippen LogP contribution in [0.1, 0.15) is 0 Å². The smallest absolute Gasteiger partial charge is 0.233 e. The number of alkyl halides is 1. The van der Waals surface area contributed by atoms with E-state index in [1.165, 1.54) is 0 Å². The summed E-state index contributed by atoms with van der Waals surface area (Å²) >= 11 is 3.13. The van der Waals surface area contributed by atoms with Gasteiger partial charge in [0.1, 0.15) is 0 Å². The molecule has 0 bridgehead atoms. The molecule has 8 nitrogen and oxygen atoms in total. The van der Waals surface area contributed by atoms with Crippen molar-refractivity contribution in [1.29, 1.82) is 0 Å². The molecule has 0 aliphatic carbocycles. The van der Waals surface area contributed by atoms with Crippen LogP contribution < -0.4 is 11.5 Å². The molecule has 0 radical (unpaired) electrons. The van der Waals surface area contributed by atoms with Gasteiger partial charge in [-0.25, -0.2) is 0 Å². The van der Waals surface area contributed by atoms with Crippen LogP contribution in [0, 0.1) is 0 Å². The van der Waals surface area contributed by atoms with Crippen LogP contribution >= 0.6 is 15.9 Å². The Morgan fingerprint density at radius 2 is 1.17 bits per heavy atom. The second-order valence-corrected chi connectivity index (χ2v) is 4.62. The molecular weight excluding hydrogens is 370 g/mol. The molecule has 0 rings (SSSR count). The van der Waals surface area contributed by atoms with E-state index in [2.05, 4.69) is 25.4 Å². The lowest BCUT2D eigenvalue weighted by atomic mass is 10.4. The van der Waals surface area contributed by atoms with Gasteiger partial charge in [-0.15, -0.1) is 0 Å². The summed E-state index contributed by atoms with van der Waals surface area (Å²) in [6.45, 7) is 4.92. The van der Waals surface area contributed by atoms with Gasteiger partial charge in [0.05, 0.1) is 31.8 Å². The zero-order valence-electron chi connectivity index (χ0n) is 14.9. The number of rotatable bonds is 11. The van der Waals surface area contributed by atoms with Crippen LogP contribution in [0.15, 0.2) is 0 Å². The summed E-state index contributed by atoms with van der Waals surface area (Å²) in [5.74, 6) is 0.0640. The minimum atomic E-state index is 0.0640. The second-order valence-electron chi connectivity index (χ2n) is 4.06. The van der Waals surface area contributed by atoms with Gasteiger partial charge in [-0.1, -0.05) is 15.9 Å². The first kappa shape index (κ1) is 27.6. The first-order valence-corrected chi connectivity index (χ1v) is 8.41. The van der Waals surface area contributed by atoms with Crippen LogP contribution in [0.5, 0.6) is 0 Å². The highest BCUT2D eigenvalue weighted by atomic mass is 79.9. The number of nitrogens with zero attached hydrogens (tertiary/aromatic N) is 1. The number of nitrogens with two attached hydrogens (primary N) is 2. The van der Waals surface area contributed by atoms with Crippen molar-refractivity contribution in [1.82, 2.24) is 4.90 Å². The first-order chi connectivity index (χ1) is 11.1. The second kappa shape index (κ2) is 26.6. The minimum absolute atomic E-state index is 0.0640. The third kappa shape index (κ3) is 26.9. The molecule has 23 heavy (non-hydrogen) atoms. The Bertz CT molecular complexity index is 209. The van der Waals surface area contributed by atoms with Crippen molar-refractivity contribution < 1.29 is 23.7 Å². The van der Waals surface area contributed by atoms with E-state index in [-0.39, 0.29) is 5.91 Å². The molecule has 0 fully saturated rings. The van der Waals surface area contributed by atoms with E-state index >= 15 is 0 Å². The van der Waals surface area contributed by atoms with E-state index < -0.39 is 0 Å². The molecule has 0 saturated heterocycles. The lowest BCUT2D eigenvalue weighted by Gasteiger charge is -2.20. The average Bonchev–Trinajstić information content (AvgIpc) is 2.57. The van der Waals surface area contributed by atoms with Gasteiger partial charge in [0, 0.05) is 54.6 Å². The maximum Gasteiger partial charge on any atom is 0.233 e. The molecule has 0 aromatic rings. The SMILES string of the molecule is COCCN.COCCN.COCCN(CCOC)C(=O)CBr. The number of methoxy groups -OCH3 is 4. The molecule has 142 valence electrons. The van der Waals surface area contributed by atoms with Crippen molar-refractivity contribution in [3.05, 3.63) is 0 Å². The third-order valence-corrected chi connectivity index (χ3v) is 2.72. The van der Waals surface area contributed by atoms with Gasteiger partial charge in [0.25, 0.3) is 0 Å². The van der Waals surface area contributed by atoms with Crippen LogP contribution in [0.25, 0.3) is 0 Å². The Morgan fingerprint density at radius 3 is 1.35 bits per heavy atom. The molecule has 0 atom stereocenters. The highest BCUT2D eigenvalue weighted by molar-refractivity contribution is 9.09. The number of ether oxygens (including phenoxy) is 4. The zero-order valence-corrected chi connectivity index (χ0v) is 16.5. The van der Waals surface area contributed by atoms with Gasteiger partial charge in [-0.2, -0.15) is 0 Å². The fourth-order valence-corrected chi connectivity index (χ4v) is 1.44. The number of hydrogen-bond donors (Lipinski definition) is 2. The van der Waals surface area contributed by atoms with Crippen molar-refractivity contribution in [3.63, 3.8) is 0 Å². The summed E-state index contributed by atoms with van der Waals surface area (Å²) in [6, 6.07) is 0. The summed E-state index contributed by atoms with van der Waals surface area (Å²) in [7, 11) is 6.50. The molecule has 0 unspecified atom stereocenters. The number of carbonyl (C=O) groups excluding carboxylic acids is 1. The number of carbonyl (C=O) groups is 1. The molecule has 9 heteroatoms. The highest BCUT2D eigenvalue weighted by Gasteiger charge is 2.10. The van der Waals surface area contributed by atoms with Crippen LogP contribution in [0.3, 0.4) is 0 Å². The Kier molecular flexibility index (Phi) is 31.9. The molecular formula is C14H34BrN3O5. The van der Waals surface area contributed by atoms with Gasteiger partial charge in [0.15, 0.2) is 0 Å². The van der Waals surface area contributed by atoms with E-state index in [1.54, 1.807) is 33.3 Å². The molecule has 0 aliphatic heterocycles. The largest absolute Gasteiger partial charge is 0.383 e. The van der Waals surface area contributed by atoms with E-state index in [0.717, 1.165) is 0 Å². The fraction of sp³-hybridized carbons (Fsp3) is 0.929. The topological polar surface area (TPSA) is 109 Å². The summed E-state index contributed by atoms with van der Waals surface area (Å²) in [4.78, 5) is 13.0. The molecule has 0 aliphatic rings. The first-order valence-electron chi connectivity index (χ1n) is 7.29. The molecule has 0 saturated carbocycles. The summed E-state index contributed by atoms with van der Waals surface area (Å²) < 4.78 is 18.9. The van der Waals surface area contributed by atoms with Crippen molar-refractivity contribution in [2.75, 3.05) is 86.4 Å².